The van der Waals surface area contributed by atoms with Gasteiger partial charge in [0.25, 0.3) is 0 Å². The summed E-state index contributed by atoms with van der Waals surface area (Å²) in [5, 5.41) is 0.785. The predicted molar refractivity (Wildman–Crippen MR) is 83.4 cm³/mol. The van der Waals surface area contributed by atoms with Gasteiger partial charge in [-0.1, -0.05) is 17.7 Å². The summed E-state index contributed by atoms with van der Waals surface area (Å²) < 4.78 is 0. The molecule has 0 N–H and O–H groups in total. The molecule has 0 saturated carbocycles. The van der Waals surface area contributed by atoms with Crippen LogP contribution in [0.5, 0.6) is 0 Å². The number of rotatable bonds is 4. The highest BCUT2D eigenvalue weighted by Crippen LogP contribution is 2.20. The minimum absolute atomic E-state index is 0.127. The molecule has 1 aromatic rings. The maximum Gasteiger partial charge on any atom is 0.219 e. The molecule has 5 heteroatoms. The van der Waals surface area contributed by atoms with Crippen LogP contribution in [-0.4, -0.2) is 62.0 Å². The van der Waals surface area contributed by atoms with Gasteiger partial charge in [0.2, 0.25) is 5.91 Å². The monoisotopic (exact) mass is 295 g/mol. The molecule has 1 saturated heterocycles. The van der Waals surface area contributed by atoms with Crippen molar-refractivity contribution < 1.29 is 4.79 Å². The fourth-order valence-corrected chi connectivity index (χ4v) is 2.54. The largest absolute Gasteiger partial charge is 0.369 e. The third kappa shape index (κ3) is 4.12. The van der Waals surface area contributed by atoms with E-state index in [4.69, 9.17) is 11.6 Å². The van der Waals surface area contributed by atoms with Crippen molar-refractivity contribution >= 4 is 23.2 Å². The summed E-state index contributed by atoms with van der Waals surface area (Å²) in [6.07, 6.45) is 0. The first-order valence-corrected chi connectivity index (χ1v) is 7.38. The Morgan fingerprint density at radius 1 is 1.30 bits per heavy atom. The number of hydrogen-bond donors (Lipinski definition) is 0. The maximum absolute atomic E-state index is 11.2. The van der Waals surface area contributed by atoms with Crippen LogP contribution < -0.4 is 4.90 Å². The Kier molecular flexibility index (Phi) is 5.26. The second-order valence-electron chi connectivity index (χ2n) is 5.25. The van der Waals surface area contributed by atoms with Crippen molar-refractivity contribution in [1.29, 1.82) is 0 Å². The minimum Gasteiger partial charge on any atom is -0.369 e. The molecule has 1 amide bonds. The van der Waals surface area contributed by atoms with Gasteiger partial charge in [-0.2, -0.15) is 0 Å². The number of piperazine rings is 1. The topological polar surface area (TPSA) is 26.8 Å². The first-order valence-electron chi connectivity index (χ1n) is 7.01. The van der Waals surface area contributed by atoms with Gasteiger partial charge in [-0.05, 0) is 18.2 Å². The van der Waals surface area contributed by atoms with Gasteiger partial charge in [-0.25, -0.2) is 0 Å². The molecule has 0 spiro atoms. The summed E-state index contributed by atoms with van der Waals surface area (Å²) in [6.45, 7) is 7.41. The van der Waals surface area contributed by atoms with Gasteiger partial charge >= 0.3 is 0 Å². The zero-order chi connectivity index (χ0) is 14.5. The molecule has 1 heterocycles. The molecule has 1 aromatic carbocycles. The Bertz CT molecular complexity index is 458. The maximum atomic E-state index is 11.2. The average molecular weight is 296 g/mol. The molecular formula is C15H22ClN3O. The van der Waals surface area contributed by atoms with Gasteiger partial charge in [-0.15, -0.1) is 0 Å². The van der Waals surface area contributed by atoms with E-state index in [1.165, 1.54) is 5.69 Å². The van der Waals surface area contributed by atoms with Crippen LogP contribution in [0.15, 0.2) is 24.3 Å². The van der Waals surface area contributed by atoms with E-state index in [-0.39, 0.29) is 5.91 Å². The molecule has 0 radical (unpaired) electrons. The molecular weight excluding hydrogens is 274 g/mol. The Morgan fingerprint density at radius 3 is 2.60 bits per heavy atom. The van der Waals surface area contributed by atoms with Crippen LogP contribution in [0, 0.1) is 0 Å². The Balaban J connectivity index is 1.79. The molecule has 0 aliphatic carbocycles. The van der Waals surface area contributed by atoms with Crippen LogP contribution in [0.1, 0.15) is 6.92 Å². The number of nitrogens with zero attached hydrogens (tertiary/aromatic N) is 3. The van der Waals surface area contributed by atoms with Gasteiger partial charge in [0, 0.05) is 63.9 Å². The third-order valence-corrected chi connectivity index (χ3v) is 4.07. The summed E-state index contributed by atoms with van der Waals surface area (Å²) in [5.41, 5.74) is 1.19. The first-order chi connectivity index (χ1) is 9.56. The zero-order valence-electron chi connectivity index (χ0n) is 12.2. The molecule has 20 heavy (non-hydrogen) atoms. The molecule has 0 aromatic heterocycles. The molecule has 0 unspecified atom stereocenters. The van der Waals surface area contributed by atoms with E-state index in [0.29, 0.717) is 0 Å². The van der Waals surface area contributed by atoms with Gasteiger partial charge in [-0.3, -0.25) is 9.69 Å². The minimum atomic E-state index is 0.127. The molecule has 2 rings (SSSR count). The van der Waals surface area contributed by atoms with Crippen molar-refractivity contribution in [2.45, 2.75) is 6.92 Å². The summed E-state index contributed by atoms with van der Waals surface area (Å²) in [6, 6.07) is 8.01. The fraction of sp³-hybridized carbons (Fsp3) is 0.533. The summed E-state index contributed by atoms with van der Waals surface area (Å²) in [4.78, 5) is 17.7. The molecule has 0 atom stereocenters. The molecule has 1 fully saturated rings. The average Bonchev–Trinajstić information content (AvgIpc) is 2.45. The van der Waals surface area contributed by atoms with Crippen molar-refractivity contribution in [3.05, 3.63) is 29.3 Å². The van der Waals surface area contributed by atoms with Crippen LogP contribution in [0.2, 0.25) is 5.02 Å². The van der Waals surface area contributed by atoms with Crippen molar-refractivity contribution in [1.82, 2.24) is 9.80 Å². The lowest BCUT2D eigenvalue weighted by molar-refractivity contribution is -0.127. The van der Waals surface area contributed by atoms with Crippen LogP contribution in [-0.2, 0) is 4.79 Å². The third-order valence-electron chi connectivity index (χ3n) is 3.83. The quantitative estimate of drug-likeness (QED) is 0.849. The second-order valence-corrected chi connectivity index (χ2v) is 5.69. The van der Waals surface area contributed by atoms with Crippen molar-refractivity contribution in [2.75, 3.05) is 51.2 Å². The van der Waals surface area contributed by atoms with E-state index in [1.54, 1.807) is 11.8 Å². The molecule has 4 nitrogen and oxygen atoms in total. The smallest absolute Gasteiger partial charge is 0.219 e. The van der Waals surface area contributed by atoms with Crippen LogP contribution >= 0.6 is 11.6 Å². The number of halogens is 1. The lowest BCUT2D eigenvalue weighted by atomic mass is 10.2. The summed E-state index contributed by atoms with van der Waals surface area (Å²) in [7, 11) is 1.85. The number of anilines is 1. The Labute approximate surface area is 125 Å². The highest BCUT2D eigenvalue weighted by molar-refractivity contribution is 6.30. The molecule has 110 valence electrons. The highest BCUT2D eigenvalue weighted by Gasteiger charge is 2.17. The van der Waals surface area contributed by atoms with Crippen LogP contribution in [0.3, 0.4) is 0 Å². The van der Waals surface area contributed by atoms with E-state index in [2.05, 4.69) is 15.9 Å². The zero-order valence-corrected chi connectivity index (χ0v) is 12.9. The molecule has 1 aliphatic heterocycles. The van der Waals surface area contributed by atoms with Crippen molar-refractivity contribution in [2.24, 2.45) is 0 Å². The van der Waals surface area contributed by atoms with E-state index in [0.717, 1.165) is 44.3 Å². The number of benzene rings is 1. The Morgan fingerprint density at radius 2 is 2.00 bits per heavy atom. The summed E-state index contributed by atoms with van der Waals surface area (Å²) >= 11 is 6.03. The number of carbonyl (C=O) groups is 1. The van der Waals surface area contributed by atoms with Crippen molar-refractivity contribution in [3.63, 3.8) is 0 Å². The van der Waals surface area contributed by atoms with Crippen molar-refractivity contribution in [3.8, 4) is 0 Å². The predicted octanol–water partition coefficient (Wildman–Crippen LogP) is 1.94. The first kappa shape index (κ1) is 15.1. The summed E-state index contributed by atoms with van der Waals surface area (Å²) in [5.74, 6) is 0.127. The van der Waals surface area contributed by atoms with Gasteiger partial charge in [0.15, 0.2) is 0 Å². The Hall–Kier alpha value is -1.26. The van der Waals surface area contributed by atoms with Gasteiger partial charge in [0.05, 0.1) is 0 Å². The highest BCUT2D eigenvalue weighted by atomic mass is 35.5. The number of amides is 1. The SMILES string of the molecule is CC(=O)N(C)CCN1CCN(c2cccc(Cl)c2)CC1. The van der Waals surface area contributed by atoms with E-state index >= 15 is 0 Å². The molecule has 0 bridgehead atoms. The lowest BCUT2D eigenvalue weighted by Crippen LogP contribution is -2.48. The van der Waals surface area contributed by atoms with E-state index in [9.17, 15) is 4.79 Å². The lowest BCUT2D eigenvalue weighted by Gasteiger charge is -2.36. The second kappa shape index (κ2) is 6.95. The van der Waals surface area contributed by atoms with E-state index < -0.39 is 0 Å². The van der Waals surface area contributed by atoms with Crippen LogP contribution in [0.4, 0.5) is 5.69 Å². The van der Waals surface area contributed by atoms with Gasteiger partial charge in [0.1, 0.15) is 0 Å². The van der Waals surface area contributed by atoms with Gasteiger partial charge < -0.3 is 9.80 Å². The normalized spacial score (nSPS) is 16.2. The molecule has 1 aliphatic rings. The number of likely N-dealkylation sites (N-methyl/N-ethyl adjacent to an activating group) is 1. The fourth-order valence-electron chi connectivity index (χ4n) is 2.35. The van der Waals surface area contributed by atoms with E-state index in [1.807, 2.05) is 25.2 Å². The number of hydrogen-bond acceptors (Lipinski definition) is 3. The number of carbonyl (C=O) groups excluding carboxylic acids is 1. The standard InChI is InChI=1S/C15H22ClN3O/c1-13(20)17(2)6-7-18-8-10-19(11-9-18)15-5-3-4-14(16)12-15/h3-5,12H,6-11H2,1-2H3. The van der Waals surface area contributed by atoms with Crippen LogP contribution in [0.25, 0.3) is 0 Å².